The monoisotopic (exact) mass is 279 g/mol. The van der Waals surface area contributed by atoms with Crippen molar-refractivity contribution in [1.29, 1.82) is 0 Å². The van der Waals surface area contributed by atoms with E-state index in [1.165, 1.54) is 0 Å². The highest BCUT2D eigenvalue weighted by Crippen LogP contribution is 2.11. The molecular weight excluding hydrogens is 250 g/mol. The van der Waals surface area contributed by atoms with Crippen LogP contribution >= 0.6 is 0 Å². The minimum absolute atomic E-state index is 0.0547. The molecule has 0 bridgehead atoms. The molecule has 0 atom stereocenters. The number of hydrogen-bond acceptors (Lipinski definition) is 3. The van der Waals surface area contributed by atoms with Crippen LogP contribution in [0.25, 0.3) is 0 Å². The van der Waals surface area contributed by atoms with Gasteiger partial charge in [0.05, 0.1) is 5.69 Å². The maximum atomic E-state index is 12.4. The summed E-state index contributed by atoms with van der Waals surface area (Å²) in [4.78, 5) is 12.4. The van der Waals surface area contributed by atoms with E-state index in [1.54, 1.807) is 4.68 Å². The first-order chi connectivity index (χ1) is 9.45. The van der Waals surface area contributed by atoms with Crippen LogP contribution < -0.4 is 10.9 Å². The largest absolute Gasteiger partial charge is 0.312 e. The van der Waals surface area contributed by atoms with Gasteiger partial charge in [-0.25, -0.2) is 4.68 Å². The quantitative estimate of drug-likeness (QED) is 0.796. The number of hydrogen-bond donors (Lipinski definition) is 1. The van der Waals surface area contributed by atoms with Crippen LogP contribution in [0.3, 0.4) is 0 Å². The molecule has 0 aliphatic rings. The molecule has 0 saturated carbocycles. The van der Waals surface area contributed by atoms with Gasteiger partial charge in [-0.2, -0.15) is 5.10 Å². The molecule has 0 fully saturated rings. The van der Waals surface area contributed by atoms with Gasteiger partial charge in [0, 0.05) is 18.7 Å². The Balaban J connectivity index is 2.95. The molecule has 4 heteroatoms. The lowest BCUT2D eigenvalue weighted by atomic mass is 10.1. The van der Waals surface area contributed by atoms with E-state index < -0.39 is 0 Å². The first kappa shape index (κ1) is 16.9. The Kier molecular flexibility index (Phi) is 6.93. The van der Waals surface area contributed by atoms with Gasteiger partial charge in [0.25, 0.3) is 5.56 Å². The van der Waals surface area contributed by atoms with E-state index in [0.29, 0.717) is 24.9 Å². The van der Waals surface area contributed by atoms with E-state index >= 15 is 0 Å². The molecule has 20 heavy (non-hydrogen) atoms. The third kappa shape index (κ3) is 5.08. The van der Waals surface area contributed by atoms with Gasteiger partial charge in [0.2, 0.25) is 0 Å². The van der Waals surface area contributed by atoms with E-state index in [-0.39, 0.29) is 5.56 Å². The van der Waals surface area contributed by atoms with Crippen molar-refractivity contribution in [1.82, 2.24) is 15.1 Å². The predicted molar refractivity (Wildman–Crippen MR) is 84.0 cm³/mol. The van der Waals surface area contributed by atoms with Crippen molar-refractivity contribution in [3.8, 4) is 0 Å². The van der Waals surface area contributed by atoms with Crippen molar-refractivity contribution in [3.05, 3.63) is 27.7 Å². The van der Waals surface area contributed by atoms with Crippen LogP contribution in [0.1, 0.15) is 64.6 Å². The van der Waals surface area contributed by atoms with Crippen LogP contribution in [0.15, 0.2) is 10.9 Å². The fourth-order valence-corrected chi connectivity index (χ4v) is 1.98. The van der Waals surface area contributed by atoms with Gasteiger partial charge in [-0.05, 0) is 30.9 Å². The second-order valence-corrected chi connectivity index (χ2v) is 6.16. The predicted octanol–water partition coefficient (Wildman–Crippen LogP) is 2.91. The first-order valence-corrected chi connectivity index (χ1v) is 7.77. The molecule has 0 aliphatic carbocycles. The lowest BCUT2D eigenvalue weighted by molar-refractivity contribution is 0.509. The number of nitrogens with zero attached hydrogens (tertiary/aromatic N) is 2. The van der Waals surface area contributed by atoms with Gasteiger partial charge in [-0.1, -0.05) is 41.0 Å². The van der Waals surface area contributed by atoms with Crippen molar-refractivity contribution >= 4 is 0 Å². The fraction of sp³-hybridized carbons (Fsp3) is 0.750. The van der Waals surface area contributed by atoms with Crippen LogP contribution in [0.2, 0.25) is 0 Å². The Morgan fingerprint density at radius 2 is 2.00 bits per heavy atom. The van der Waals surface area contributed by atoms with Crippen LogP contribution in [0.4, 0.5) is 0 Å². The molecule has 0 spiro atoms. The van der Waals surface area contributed by atoms with Crippen LogP contribution in [-0.4, -0.2) is 16.3 Å². The van der Waals surface area contributed by atoms with E-state index in [2.05, 4.69) is 45.0 Å². The van der Waals surface area contributed by atoms with Gasteiger partial charge >= 0.3 is 0 Å². The Morgan fingerprint density at radius 1 is 1.30 bits per heavy atom. The number of unbranched alkanes of at least 4 members (excludes halogenated alkanes) is 1. The maximum Gasteiger partial charge on any atom is 0.271 e. The Morgan fingerprint density at radius 3 is 2.55 bits per heavy atom. The van der Waals surface area contributed by atoms with Gasteiger partial charge < -0.3 is 5.32 Å². The zero-order valence-electron chi connectivity index (χ0n) is 13.6. The molecule has 1 N–H and O–H groups in total. The van der Waals surface area contributed by atoms with Crippen molar-refractivity contribution in [2.45, 2.75) is 66.5 Å². The smallest absolute Gasteiger partial charge is 0.271 e. The highest BCUT2D eigenvalue weighted by molar-refractivity contribution is 5.16. The highest BCUT2D eigenvalue weighted by Gasteiger charge is 2.10. The summed E-state index contributed by atoms with van der Waals surface area (Å²) in [6, 6.07) is 1.96. The third-order valence-electron chi connectivity index (χ3n) is 3.25. The van der Waals surface area contributed by atoms with Gasteiger partial charge in [-0.3, -0.25) is 4.79 Å². The summed E-state index contributed by atoms with van der Waals surface area (Å²) >= 11 is 0. The Labute approximate surface area is 122 Å². The summed E-state index contributed by atoms with van der Waals surface area (Å²) in [6.45, 7) is 13.0. The van der Waals surface area contributed by atoms with Crippen molar-refractivity contribution in [2.75, 3.05) is 6.54 Å². The minimum Gasteiger partial charge on any atom is -0.312 e. The van der Waals surface area contributed by atoms with Crippen LogP contribution in [-0.2, 0) is 13.1 Å². The lowest BCUT2D eigenvalue weighted by Gasteiger charge is -2.13. The van der Waals surface area contributed by atoms with Crippen molar-refractivity contribution in [3.63, 3.8) is 0 Å². The van der Waals surface area contributed by atoms with Crippen molar-refractivity contribution < 1.29 is 0 Å². The molecule has 1 aromatic heterocycles. The number of nitrogens with one attached hydrogen (secondary N) is 1. The average molecular weight is 279 g/mol. The third-order valence-corrected chi connectivity index (χ3v) is 3.25. The SMILES string of the molecule is CCCCn1nc(C(C)C)cc(CNCC(C)C)c1=O. The molecule has 0 aromatic carbocycles. The van der Waals surface area contributed by atoms with Crippen molar-refractivity contribution in [2.24, 2.45) is 5.92 Å². The Bertz CT molecular complexity index is 463. The standard InChI is InChI=1S/C16H29N3O/c1-6-7-8-19-16(20)14(11-17-10-12(2)3)9-15(18-19)13(4)5/h9,12-13,17H,6-8,10-11H2,1-5H3. The molecule has 1 heterocycles. The number of aromatic nitrogens is 2. The fourth-order valence-electron chi connectivity index (χ4n) is 1.98. The van der Waals surface area contributed by atoms with E-state index in [9.17, 15) is 4.79 Å². The van der Waals surface area contributed by atoms with E-state index in [1.807, 2.05) is 6.07 Å². The molecule has 114 valence electrons. The molecule has 1 rings (SSSR count). The first-order valence-electron chi connectivity index (χ1n) is 7.77. The summed E-state index contributed by atoms with van der Waals surface area (Å²) in [6.07, 6.45) is 2.06. The molecule has 0 radical (unpaired) electrons. The molecular formula is C16H29N3O. The minimum atomic E-state index is 0.0547. The van der Waals surface area contributed by atoms with Gasteiger partial charge in [0.15, 0.2) is 0 Å². The molecule has 1 aromatic rings. The number of aryl methyl sites for hydroxylation is 1. The zero-order valence-corrected chi connectivity index (χ0v) is 13.6. The summed E-state index contributed by atoms with van der Waals surface area (Å²) in [5, 5.41) is 7.84. The zero-order chi connectivity index (χ0) is 15.1. The summed E-state index contributed by atoms with van der Waals surface area (Å²) in [7, 11) is 0. The van der Waals surface area contributed by atoms with E-state index in [0.717, 1.165) is 30.6 Å². The molecule has 4 nitrogen and oxygen atoms in total. The number of rotatable bonds is 8. The molecule has 0 aliphatic heterocycles. The second-order valence-electron chi connectivity index (χ2n) is 6.16. The molecule has 0 unspecified atom stereocenters. The normalized spacial score (nSPS) is 11.6. The lowest BCUT2D eigenvalue weighted by Crippen LogP contribution is -2.31. The average Bonchev–Trinajstić information content (AvgIpc) is 2.38. The maximum absolute atomic E-state index is 12.4. The van der Waals surface area contributed by atoms with Gasteiger partial charge in [0.1, 0.15) is 0 Å². The highest BCUT2D eigenvalue weighted by atomic mass is 16.1. The topological polar surface area (TPSA) is 46.9 Å². The molecule has 0 saturated heterocycles. The van der Waals surface area contributed by atoms with E-state index in [4.69, 9.17) is 0 Å². The van der Waals surface area contributed by atoms with Gasteiger partial charge in [-0.15, -0.1) is 0 Å². The summed E-state index contributed by atoms with van der Waals surface area (Å²) in [5.41, 5.74) is 1.89. The van der Waals surface area contributed by atoms with Crippen LogP contribution in [0.5, 0.6) is 0 Å². The van der Waals surface area contributed by atoms with Crippen LogP contribution in [0, 0.1) is 5.92 Å². The summed E-state index contributed by atoms with van der Waals surface area (Å²) in [5.74, 6) is 0.927. The Hall–Kier alpha value is -1.16. The molecule has 0 amide bonds. The summed E-state index contributed by atoms with van der Waals surface area (Å²) < 4.78 is 1.64. The second kappa shape index (κ2) is 8.20.